The molecule has 1 aliphatic heterocycles. The molecule has 9 nitrogen and oxygen atoms in total. The predicted octanol–water partition coefficient (Wildman–Crippen LogP) is 0.487. The lowest BCUT2D eigenvalue weighted by Gasteiger charge is -2.24. The maximum Gasteiger partial charge on any atom is 0.243 e. The van der Waals surface area contributed by atoms with Gasteiger partial charge in [-0.2, -0.15) is 0 Å². The van der Waals surface area contributed by atoms with Crippen LogP contribution in [0.5, 0.6) is 0 Å². The molecule has 1 aliphatic rings. The SMILES string of the molecule is CN(C)CCCCC(=O)NCC(=O)N1CCC[C@H]1C(=O)NCc1cc(C(=N)N)cs1. The van der Waals surface area contributed by atoms with Crippen molar-refractivity contribution in [2.24, 2.45) is 5.73 Å². The second-order valence-corrected chi connectivity index (χ2v) is 8.71. The van der Waals surface area contributed by atoms with Crippen molar-refractivity contribution in [2.75, 3.05) is 33.7 Å². The fraction of sp³-hybridized carbons (Fsp3) is 0.600. The Morgan fingerprint density at radius 3 is 2.73 bits per heavy atom. The summed E-state index contributed by atoms with van der Waals surface area (Å²) in [5.41, 5.74) is 6.09. The van der Waals surface area contributed by atoms with E-state index in [0.29, 0.717) is 31.5 Å². The van der Waals surface area contributed by atoms with Crippen molar-refractivity contribution in [1.29, 1.82) is 5.41 Å². The van der Waals surface area contributed by atoms with E-state index in [1.807, 2.05) is 14.1 Å². The first-order chi connectivity index (χ1) is 14.3. The van der Waals surface area contributed by atoms with E-state index in [9.17, 15) is 14.4 Å². The van der Waals surface area contributed by atoms with Gasteiger partial charge in [0.05, 0.1) is 13.1 Å². The summed E-state index contributed by atoms with van der Waals surface area (Å²) < 4.78 is 0. The summed E-state index contributed by atoms with van der Waals surface area (Å²) in [6, 6.07) is 1.26. The summed E-state index contributed by atoms with van der Waals surface area (Å²) in [5, 5.41) is 14.7. The molecule has 3 amide bonds. The number of carbonyl (C=O) groups excluding carboxylic acids is 3. The Labute approximate surface area is 181 Å². The van der Waals surface area contributed by atoms with Crippen LogP contribution in [0.4, 0.5) is 0 Å². The summed E-state index contributed by atoms with van der Waals surface area (Å²) in [6.45, 7) is 1.70. The van der Waals surface area contributed by atoms with Crippen LogP contribution < -0.4 is 16.4 Å². The van der Waals surface area contributed by atoms with Gasteiger partial charge in [0.2, 0.25) is 17.7 Å². The average molecular weight is 437 g/mol. The zero-order valence-corrected chi connectivity index (χ0v) is 18.5. The van der Waals surface area contributed by atoms with Gasteiger partial charge in [0.1, 0.15) is 11.9 Å². The Bertz CT molecular complexity index is 763. The topological polar surface area (TPSA) is 132 Å². The summed E-state index contributed by atoms with van der Waals surface area (Å²) in [7, 11) is 3.98. The Morgan fingerprint density at radius 2 is 2.07 bits per heavy atom. The van der Waals surface area contributed by atoms with Gasteiger partial charge in [0.15, 0.2) is 0 Å². The summed E-state index contributed by atoms with van der Waals surface area (Å²) in [6.07, 6.45) is 3.48. The van der Waals surface area contributed by atoms with Gasteiger partial charge in [-0.15, -0.1) is 11.3 Å². The Balaban J connectivity index is 1.75. The van der Waals surface area contributed by atoms with E-state index in [1.165, 1.54) is 11.3 Å². The first-order valence-electron chi connectivity index (χ1n) is 10.2. The maximum atomic E-state index is 12.6. The van der Waals surface area contributed by atoms with Gasteiger partial charge in [-0.1, -0.05) is 0 Å². The molecule has 0 bridgehead atoms. The van der Waals surface area contributed by atoms with E-state index in [4.69, 9.17) is 11.1 Å². The van der Waals surface area contributed by atoms with Crippen LogP contribution in [0.25, 0.3) is 0 Å². The predicted molar refractivity (Wildman–Crippen MR) is 117 cm³/mol. The Kier molecular flexibility index (Phi) is 9.25. The number of nitrogen functional groups attached to an aromatic ring is 1. The number of hydrogen-bond donors (Lipinski definition) is 4. The molecule has 0 unspecified atom stereocenters. The Morgan fingerprint density at radius 1 is 1.30 bits per heavy atom. The lowest BCUT2D eigenvalue weighted by atomic mass is 10.2. The number of rotatable bonds is 11. The molecule has 5 N–H and O–H groups in total. The van der Waals surface area contributed by atoms with E-state index in [2.05, 4.69) is 15.5 Å². The first kappa shape index (κ1) is 23.8. The van der Waals surface area contributed by atoms with E-state index >= 15 is 0 Å². The van der Waals surface area contributed by atoms with Gasteiger partial charge in [-0.25, -0.2) is 0 Å². The zero-order chi connectivity index (χ0) is 22.1. The largest absolute Gasteiger partial charge is 0.384 e. The van der Waals surface area contributed by atoms with Crippen LogP contribution in [0.3, 0.4) is 0 Å². The normalized spacial score (nSPS) is 16.0. The number of carbonyl (C=O) groups is 3. The number of unbranched alkanes of at least 4 members (excludes halogenated alkanes) is 1. The number of amidine groups is 1. The van der Waals surface area contributed by atoms with Gasteiger partial charge < -0.3 is 26.2 Å². The van der Waals surface area contributed by atoms with Crippen molar-refractivity contribution in [3.05, 3.63) is 21.9 Å². The second kappa shape index (κ2) is 11.7. The van der Waals surface area contributed by atoms with Gasteiger partial charge in [-0.3, -0.25) is 19.8 Å². The highest BCUT2D eigenvalue weighted by atomic mass is 32.1. The standard InChI is InChI=1S/C20H32N6O3S/c1-25(2)8-4-3-7-17(27)23-12-18(28)26-9-5-6-16(26)20(29)24-11-15-10-14(13-30-15)19(21)22/h10,13,16H,3-9,11-12H2,1-2H3,(H3,21,22)(H,23,27)(H,24,29)/t16-/m0/s1. The van der Waals surface area contributed by atoms with Crippen molar-refractivity contribution in [3.63, 3.8) is 0 Å². The molecule has 1 atom stereocenters. The Hall–Kier alpha value is -2.46. The van der Waals surface area contributed by atoms with Gasteiger partial charge >= 0.3 is 0 Å². The zero-order valence-electron chi connectivity index (χ0n) is 17.7. The summed E-state index contributed by atoms with van der Waals surface area (Å²) in [5.74, 6) is -0.574. The highest BCUT2D eigenvalue weighted by Gasteiger charge is 2.33. The number of likely N-dealkylation sites (tertiary alicyclic amines) is 1. The summed E-state index contributed by atoms with van der Waals surface area (Å²) >= 11 is 1.42. The molecular formula is C20H32N6O3S. The highest BCUT2D eigenvalue weighted by molar-refractivity contribution is 7.10. The first-order valence-corrected chi connectivity index (χ1v) is 11.1. The van der Waals surface area contributed by atoms with E-state index in [0.717, 1.165) is 30.7 Å². The molecule has 0 aromatic carbocycles. The molecule has 0 spiro atoms. The summed E-state index contributed by atoms with van der Waals surface area (Å²) in [4.78, 5) is 41.6. The average Bonchev–Trinajstić information content (AvgIpc) is 3.37. The molecule has 1 aromatic rings. The molecule has 1 saturated heterocycles. The molecule has 0 saturated carbocycles. The number of amides is 3. The quantitative estimate of drug-likeness (QED) is 0.228. The molecule has 166 valence electrons. The maximum absolute atomic E-state index is 12.6. The molecule has 10 heteroatoms. The van der Waals surface area contributed by atoms with Crippen molar-refractivity contribution >= 4 is 34.9 Å². The fourth-order valence-electron chi connectivity index (χ4n) is 3.32. The minimum absolute atomic E-state index is 0.00358. The van der Waals surface area contributed by atoms with Crippen molar-refractivity contribution in [3.8, 4) is 0 Å². The molecule has 2 heterocycles. The van der Waals surface area contributed by atoms with E-state index < -0.39 is 6.04 Å². The molecular weight excluding hydrogens is 404 g/mol. The van der Waals surface area contributed by atoms with Gasteiger partial charge in [-0.05, 0) is 52.4 Å². The van der Waals surface area contributed by atoms with Crippen molar-refractivity contribution in [1.82, 2.24) is 20.4 Å². The van der Waals surface area contributed by atoms with Crippen LogP contribution in [0, 0.1) is 5.41 Å². The smallest absolute Gasteiger partial charge is 0.243 e. The van der Waals surface area contributed by atoms with Gasteiger partial charge in [0, 0.05) is 28.8 Å². The van der Waals surface area contributed by atoms with Gasteiger partial charge in [0.25, 0.3) is 0 Å². The lowest BCUT2D eigenvalue weighted by molar-refractivity contribution is -0.138. The number of nitrogens with two attached hydrogens (primary N) is 1. The van der Waals surface area contributed by atoms with Crippen LogP contribution in [0.1, 0.15) is 42.5 Å². The van der Waals surface area contributed by atoms with Crippen molar-refractivity contribution in [2.45, 2.75) is 44.7 Å². The van der Waals surface area contributed by atoms with Crippen LogP contribution in [0.2, 0.25) is 0 Å². The van der Waals surface area contributed by atoms with Crippen LogP contribution >= 0.6 is 11.3 Å². The molecule has 2 rings (SSSR count). The minimum atomic E-state index is -0.512. The van der Waals surface area contributed by atoms with E-state index in [-0.39, 0.29) is 30.1 Å². The molecule has 1 aromatic heterocycles. The molecule has 1 fully saturated rings. The third kappa shape index (κ3) is 7.42. The highest BCUT2D eigenvalue weighted by Crippen LogP contribution is 2.18. The monoisotopic (exact) mass is 436 g/mol. The number of thiophene rings is 1. The molecule has 30 heavy (non-hydrogen) atoms. The molecule has 0 radical (unpaired) electrons. The second-order valence-electron chi connectivity index (χ2n) is 7.72. The van der Waals surface area contributed by atoms with E-state index in [1.54, 1.807) is 16.3 Å². The number of nitrogens with one attached hydrogen (secondary N) is 3. The third-order valence-corrected chi connectivity index (χ3v) is 5.91. The molecule has 0 aliphatic carbocycles. The number of hydrogen-bond acceptors (Lipinski definition) is 6. The minimum Gasteiger partial charge on any atom is -0.384 e. The van der Waals surface area contributed by atoms with Crippen LogP contribution in [-0.2, 0) is 20.9 Å². The lowest BCUT2D eigenvalue weighted by Crippen LogP contribution is -2.48. The third-order valence-electron chi connectivity index (χ3n) is 4.97. The fourth-order valence-corrected chi connectivity index (χ4v) is 4.15. The van der Waals surface area contributed by atoms with Crippen LogP contribution in [-0.4, -0.2) is 73.1 Å². The van der Waals surface area contributed by atoms with Crippen LogP contribution in [0.15, 0.2) is 11.4 Å². The number of nitrogens with zero attached hydrogens (tertiary/aromatic N) is 2. The van der Waals surface area contributed by atoms with Crippen molar-refractivity contribution < 1.29 is 14.4 Å².